The molecule has 0 aromatic heterocycles. The Bertz CT molecular complexity index is 159. The number of hydrazine groups is 1. The summed E-state index contributed by atoms with van der Waals surface area (Å²) < 4.78 is 4.76. The van der Waals surface area contributed by atoms with E-state index in [1.165, 1.54) is 0 Å². The zero-order valence-electron chi connectivity index (χ0n) is 7.58. The first-order chi connectivity index (χ1) is 6.33. The number of piperazine rings is 1. The van der Waals surface area contributed by atoms with Gasteiger partial charge in [0.05, 0.1) is 0 Å². The smallest absolute Gasteiger partial charge is 0.421 e. The highest BCUT2D eigenvalue weighted by Crippen LogP contribution is 1.87. The van der Waals surface area contributed by atoms with E-state index in [4.69, 9.17) is 10.5 Å². The van der Waals surface area contributed by atoms with E-state index < -0.39 is 6.09 Å². The standard InChI is InChI=1S/C7H16N4O2/c8-1-6-13-7(12)10-11-4-2-9-3-5-11/h9H,1-6,8H2,(H,10,12). The zero-order valence-corrected chi connectivity index (χ0v) is 7.58. The summed E-state index contributed by atoms with van der Waals surface area (Å²) in [4.78, 5) is 11.0. The molecule has 6 nitrogen and oxygen atoms in total. The maximum absolute atomic E-state index is 11.0. The SMILES string of the molecule is NCCOC(=O)NN1CCNCC1. The molecule has 1 aliphatic rings. The van der Waals surface area contributed by atoms with Gasteiger partial charge in [0.2, 0.25) is 0 Å². The zero-order chi connectivity index (χ0) is 9.52. The molecule has 76 valence electrons. The highest BCUT2D eigenvalue weighted by Gasteiger charge is 2.12. The van der Waals surface area contributed by atoms with Crippen LogP contribution in [0, 0.1) is 0 Å². The molecule has 0 saturated carbocycles. The predicted molar refractivity (Wildman–Crippen MR) is 48.0 cm³/mol. The van der Waals surface area contributed by atoms with Gasteiger partial charge in [0.1, 0.15) is 6.61 Å². The van der Waals surface area contributed by atoms with Gasteiger partial charge in [-0.1, -0.05) is 0 Å². The molecule has 0 bridgehead atoms. The molecule has 0 radical (unpaired) electrons. The van der Waals surface area contributed by atoms with Gasteiger partial charge in [0, 0.05) is 32.7 Å². The summed E-state index contributed by atoms with van der Waals surface area (Å²) in [5, 5.41) is 5.01. The molecule has 6 heteroatoms. The number of amides is 1. The fourth-order valence-electron chi connectivity index (χ4n) is 1.09. The molecule has 1 saturated heterocycles. The lowest BCUT2D eigenvalue weighted by Gasteiger charge is -2.26. The van der Waals surface area contributed by atoms with E-state index in [0.717, 1.165) is 26.2 Å². The van der Waals surface area contributed by atoms with E-state index >= 15 is 0 Å². The molecule has 0 atom stereocenters. The second-order valence-electron chi connectivity index (χ2n) is 2.77. The van der Waals surface area contributed by atoms with Crippen LogP contribution < -0.4 is 16.5 Å². The van der Waals surface area contributed by atoms with Crippen LogP contribution in [0.3, 0.4) is 0 Å². The fraction of sp³-hybridized carbons (Fsp3) is 0.857. The van der Waals surface area contributed by atoms with Crippen molar-refractivity contribution in [3.05, 3.63) is 0 Å². The monoisotopic (exact) mass is 188 g/mol. The summed E-state index contributed by atoms with van der Waals surface area (Å²) in [6, 6.07) is 0. The van der Waals surface area contributed by atoms with Crippen molar-refractivity contribution in [2.75, 3.05) is 39.3 Å². The Morgan fingerprint density at radius 3 is 2.85 bits per heavy atom. The van der Waals surface area contributed by atoms with Crippen LogP contribution in [-0.4, -0.2) is 50.4 Å². The van der Waals surface area contributed by atoms with Crippen molar-refractivity contribution < 1.29 is 9.53 Å². The van der Waals surface area contributed by atoms with Crippen molar-refractivity contribution in [1.82, 2.24) is 15.8 Å². The first-order valence-corrected chi connectivity index (χ1v) is 4.42. The summed E-state index contributed by atoms with van der Waals surface area (Å²) in [6.45, 7) is 4.00. The van der Waals surface area contributed by atoms with Gasteiger partial charge in [-0.05, 0) is 0 Å². The highest BCUT2D eigenvalue weighted by molar-refractivity contribution is 5.66. The Kier molecular flexibility index (Phi) is 4.52. The third-order valence-electron chi connectivity index (χ3n) is 1.72. The van der Waals surface area contributed by atoms with Gasteiger partial charge in [0.15, 0.2) is 0 Å². The minimum absolute atomic E-state index is 0.262. The number of nitrogens with two attached hydrogens (primary N) is 1. The topological polar surface area (TPSA) is 79.6 Å². The Balaban J connectivity index is 2.11. The van der Waals surface area contributed by atoms with Crippen molar-refractivity contribution in [2.45, 2.75) is 0 Å². The lowest BCUT2D eigenvalue weighted by atomic mass is 10.4. The van der Waals surface area contributed by atoms with Gasteiger partial charge in [-0.2, -0.15) is 0 Å². The van der Waals surface area contributed by atoms with Crippen molar-refractivity contribution in [1.29, 1.82) is 0 Å². The summed E-state index contributed by atoms with van der Waals surface area (Å²) in [6.07, 6.45) is -0.424. The maximum Gasteiger partial charge on any atom is 0.421 e. The highest BCUT2D eigenvalue weighted by atomic mass is 16.6. The Morgan fingerprint density at radius 1 is 1.54 bits per heavy atom. The van der Waals surface area contributed by atoms with Crippen LogP contribution in [0.1, 0.15) is 0 Å². The second-order valence-corrected chi connectivity index (χ2v) is 2.77. The van der Waals surface area contributed by atoms with E-state index in [1.807, 2.05) is 5.01 Å². The molecule has 13 heavy (non-hydrogen) atoms. The number of hydrogen-bond donors (Lipinski definition) is 3. The molecular formula is C7H16N4O2. The number of hydrogen-bond acceptors (Lipinski definition) is 5. The molecule has 0 aromatic carbocycles. The van der Waals surface area contributed by atoms with Gasteiger partial charge in [-0.3, -0.25) is 5.43 Å². The van der Waals surface area contributed by atoms with Crippen LogP contribution in [0.2, 0.25) is 0 Å². The molecule has 0 spiro atoms. The number of ether oxygens (including phenoxy) is 1. The molecule has 1 rings (SSSR count). The third kappa shape index (κ3) is 4.07. The first kappa shape index (κ1) is 10.2. The second kappa shape index (κ2) is 5.74. The first-order valence-electron chi connectivity index (χ1n) is 4.42. The molecule has 1 fully saturated rings. The van der Waals surface area contributed by atoms with E-state index in [9.17, 15) is 4.79 Å². The molecule has 4 N–H and O–H groups in total. The molecule has 1 aliphatic heterocycles. The quantitative estimate of drug-likeness (QED) is 0.502. The Morgan fingerprint density at radius 2 is 2.23 bits per heavy atom. The number of nitrogens with zero attached hydrogens (tertiary/aromatic N) is 1. The number of carbonyl (C=O) groups is 1. The Labute approximate surface area is 77.4 Å². The number of nitrogens with one attached hydrogen (secondary N) is 2. The molecular weight excluding hydrogens is 172 g/mol. The van der Waals surface area contributed by atoms with Crippen LogP contribution in [0.15, 0.2) is 0 Å². The van der Waals surface area contributed by atoms with Crippen molar-refractivity contribution in [3.8, 4) is 0 Å². The van der Waals surface area contributed by atoms with E-state index in [2.05, 4.69) is 10.7 Å². The van der Waals surface area contributed by atoms with Crippen LogP contribution in [0.5, 0.6) is 0 Å². The fourth-order valence-corrected chi connectivity index (χ4v) is 1.09. The van der Waals surface area contributed by atoms with Gasteiger partial charge in [-0.25, -0.2) is 9.80 Å². The summed E-state index contributed by atoms with van der Waals surface area (Å²) in [5.74, 6) is 0. The molecule has 1 amide bonds. The number of rotatable bonds is 3. The van der Waals surface area contributed by atoms with Crippen molar-refractivity contribution >= 4 is 6.09 Å². The van der Waals surface area contributed by atoms with Crippen LogP contribution in [0.25, 0.3) is 0 Å². The van der Waals surface area contributed by atoms with Crippen LogP contribution in [0.4, 0.5) is 4.79 Å². The van der Waals surface area contributed by atoms with Gasteiger partial charge >= 0.3 is 6.09 Å². The number of carbonyl (C=O) groups excluding carboxylic acids is 1. The largest absolute Gasteiger partial charge is 0.447 e. The van der Waals surface area contributed by atoms with E-state index in [1.54, 1.807) is 0 Å². The molecule has 0 unspecified atom stereocenters. The van der Waals surface area contributed by atoms with E-state index in [-0.39, 0.29) is 6.61 Å². The van der Waals surface area contributed by atoms with Crippen LogP contribution >= 0.6 is 0 Å². The predicted octanol–water partition coefficient (Wildman–Crippen LogP) is -1.51. The average Bonchev–Trinajstić information content (AvgIpc) is 2.16. The summed E-state index contributed by atoms with van der Waals surface area (Å²) in [7, 11) is 0. The van der Waals surface area contributed by atoms with Crippen molar-refractivity contribution in [3.63, 3.8) is 0 Å². The van der Waals surface area contributed by atoms with Gasteiger partial charge in [-0.15, -0.1) is 0 Å². The molecule has 0 aliphatic carbocycles. The molecule has 1 heterocycles. The average molecular weight is 188 g/mol. The molecule has 0 aromatic rings. The van der Waals surface area contributed by atoms with Crippen LogP contribution in [-0.2, 0) is 4.74 Å². The van der Waals surface area contributed by atoms with Crippen molar-refractivity contribution in [2.24, 2.45) is 5.73 Å². The maximum atomic E-state index is 11.0. The third-order valence-corrected chi connectivity index (χ3v) is 1.72. The summed E-state index contributed by atoms with van der Waals surface area (Å²) >= 11 is 0. The normalized spacial score (nSPS) is 18.2. The lowest BCUT2D eigenvalue weighted by Crippen LogP contribution is -2.52. The Hall–Kier alpha value is -0.850. The summed E-state index contributed by atoms with van der Waals surface area (Å²) in [5.41, 5.74) is 7.81. The van der Waals surface area contributed by atoms with E-state index in [0.29, 0.717) is 6.54 Å². The lowest BCUT2D eigenvalue weighted by molar-refractivity contribution is 0.101. The van der Waals surface area contributed by atoms with Gasteiger partial charge in [0.25, 0.3) is 0 Å². The minimum Gasteiger partial charge on any atom is -0.447 e. The minimum atomic E-state index is -0.424. The van der Waals surface area contributed by atoms with Gasteiger partial charge < -0.3 is 15.8 Å².